The van der Waals surface area contributed by atoms with Gasteiger partial charge >= 0.3 is 0 Å². The number of nitrogens with one attached hydrogen (secondary N) is 1. The van der Waals surface area contributed by atoms with E-state index >= 15 is 0 Å². The van der Waals surface area contributed by atoms with Gasteiger partial charge in [-0.05, 0) is 48.7 Å². The van der Waals surface area contributed by atoms with Gasteiger partial charge in [-0.15, -0.1) is 0 Å². The smallest absolute Gasteiger partial charge is 0.287 e. The van der Waals surface area contributed by atoms with E-state index in [4.69, 9.17) is 14.9 Å². The van der Waals surface area contributed by atoms with Crippen molar-refractivity contribution in [3.8, 4) is 5.75 Å². The Bertz CT molecular complexity index is 653. The number of hydrogen-bond acceptors (Lipinski definition) is 4. The Kier molecular flexibility index (Phi) is 6.37. The van der Waals surface area contributed by atoms with Gasteiger partial charge in [0.15, 0.2) is 5.76 Å². The van der Waals surface area contributed by atoms with Crippen LogP contribution >= 0.6 is 0 Å². The van der Waals surface area contributed by atoms with Crippen LogP contribution in [-0.4, -0.2) is 18.5 Å². The fraction of sp³-hybridized carbons (Fsp3) is 0.389. The van der Waals surface area contributed by atoms with Gasteiger partial charge in [0.1, 0.15) is 23.9 Å². The first-order valence-electron chi connectivity index (χ1n) is 7.96. The van der Waals surface area contributed by atoms with E-state index in [1.807, 2.05) is 0 Å². The van der Waals surface area contributed by atoms with Crippen LogP contribution in [0.1, 0.15) is 36.6 Å². The lowest BCUT2D eigenvalue weighted by atomic mass is 10.0. The normalized spacial score (nSPS) is 12.2. The van der Waals surface area contributed by atoms with Gasteiger partial charge in [-0.1, -0.05) is 13.8 Å². The summed E-state index contributed by atoms with van der Waals surface area (Å²) < 4.78 is 23.8. The minimum atomic E-state index is -0.324. The highest BCUT2D eigenvalue weighted by molar-refractivity contribution is 5.91. The number of rotatable bonds is 8. The van der Waals surface area contributed by atoms with Crippen molar-refractivity contribution in [3.05, 3.63) is 53.7 Å². The molecule has 2 rings (SSSR count). The molecular formula is C18H23FN2O3. The molecule has 0 aliphatic heterocycles. The Hall–Kier alpha value is -2.34. The fourth-order valence-corrected chi connectivity index (χ4v) is 2.30. The third kappa shape index (κ3) is 5.38. The maximum Gasteiger partial charge on any atom is 0.287 e. The van der Waals surface area contributed by atoms with Gasteiger partial charge in [-0.3, -0.25) is 4.79 Å². The third-order valence-electron chi connectivity index (χ3n) is 3.46. The number of hydrogen-bond donors (Lipinski definition) is 2. The van der Waals surface area contributed by atoms with E-state index in [0.29, 0.717) is 24.0 Å². The van der Waals surface area contributed by atoms with Crippen LogP contribution in [0.4, 0.5) is 4.39 Å². The maximum absolute atomic E-state index is 12.8. The molecule has 1 amide bonds. The van der Waals surface area contributed by atoms with Crippen LogP contribution in [0.5, 0.6) is 5.75 Å². The Morgan fingerprint density at radius 3 is 2.58 bits per heavy atom. The van der Waals surface area contributed by atoms with Crippen LogP contribution in [0.2, 0.25) is 0 Å². The molecule has 0 spiro atoms. The Morgan fingerprint density at radius 2 is 1.96 bits per heavy atom. The summed E-state index contributed by atoms with van der Waals surface area (Å²) in [6.07, 6.45) is 0.809. The lowest BCUT2D eigenvalue weighted by molar-refractivity contribution is 0.0901. The van der Waals surface area contributed by atoms with E-state index in [9.17, 15) is 9.18 Å². The van der Waals surface area contributed by atoms with Crippen molar-refractivity contribution in [2.75, 3.05) is 6.54 Å². The van der Waals surface area contributed by atoms with Gasteiger partial charge in [0.05, 0.1) is 0 Å². The Labute approximate surface area is 141 Å². The van der Waals surface area contributed by atoms with E-state index in [2.05, 4.69) is 19.2 Å². The summed E-state index contributed by atoms with van der Waals surface area (Å²) in [5.41, 5.74) is 5.68. The standard InChI is InChI=1S/C18H23FN2O3/c1-12(2)9-14(10-20)21-18(22)17-8-7-16(24-17)11-23-15-5-3-13(19)4-6-15/h3-8,12,14H,9-11,20H2,1-2H3,(H,21,22). The topological polar surface area (TPSA) is 77.5 Å². The summed E-state index contributed by atoms with van der Waals surface area (Å²) in [6.45, 7) is 4.69. The molecule has 3 N–H and O–H groups in total. The number of carbonyl (C=O) groups excluding carboxylic acids is 1. The molecule has 0 bridgehead atoms. The second-order valence-corrected chi connectivity index (χ2v) is 6.04. The summed E-state index contributed by atoms with van der Waals surface area (Å²) in [5.74, 6) is 1.08. The SMILES string of the molecule is CC(C)CC(CN)NC(=O)c1ccc(COc2ccc(F)cc2)o1. The van der Waals surface area contributed by atoms with Gasteiger partial charge in [0.2, 0.25) is 0 Å². The molecule has 1 atom stereocenters. The third-order valence-corrected chi connectivity index (χ3v) is 3.46. The van der Waals surface area contributed by atoms with E-state index in [1.54, 1.807) is 12.1 Å². The van der Waals surface area contributed by atoms with Crippen molar-refractivity contribution in [3.63, 3.8) is 0 Å². The van der Waals surface area contributed by atoms with Crippen LogP contribution in [0.3, 0.4) is 0 Å². The van der Waals surface area contributed by atoms with E-state index in [0.717, 1.165) is 6.42 Å². The number of furan rings is 1. The zero-order valence-electron chi connectivity index (χ0n) is 13.9. The van der Waals surface area contributed by atoms with Crippen LogP contribution in [0.15, 0.2) is 40.8 Å². The van der Waals surface area contributed by atoms with Gasteiger partial charge in [-0.25, -0.2) is 4.39 Å². The second kappa shape index (κ2) is 8.49. The summed E-state index contributed by atoms with van der Waals surface area (Å²) >= 11 is 0. The molecule has 1 aromatic heterocycles. The first kappa shape index (κ1) is 18.0. The number of carbonyl (C=O) groups is 1. The lowest BCUT2D eigenvalue weighted by Crippen LogP contribution is -2.40. The molecule has 6 heteroatoms. The van der Waals surface area contributed by atoms with E-state index < -0.39 is 0 Å². The zero-order chi connectivity index (χ0) is 17.5. The maximum atomic E-state index is 12.8. The minimum Gasteiger partial charge on any atom is -0.486 e. The molecule has 2 aromatic rings. The largest absolute Gasteiger partial charge is 0.486 e. The average Bonchev–Trinajstić information content (AvgIpc) is 3.02. The molecule has 5 nitrogen and oxygen atoms in total. The highest BCUT2D eigenvalue weighted by Gasteiger charge is 2.16. The Balaban J connectivity index is 1.89. The van der Waals surface area contributed by atoms with Gasteiger partial charge in [-0.2, -0.15) is 0 Å². The highest BCUT2D eigenvalue weighted by Crippen LogP contribution is 2.15. The van der Waals surface area contributed by atoms with Crippen LogP contribution < -0.4 is 15.8 Å². The molecule has 24 heavy (non-hydrogen) atoms. The van der Waals surface area contributed by atoms with Gasteiger partial charge in [0, 0.05) is 12.6 Å². The average molecular weight is 334 g/mol. The molecule has 1 unspecified atom stereocenters. The minimum absolute atomic E-state index is 0.0819. The lowest BCUT2D eigenvalue weighted by Gasteiger charge is -2.17. The molecular weight excluding hydrogens is 311 g/mol. The summed E-state index contributed by atoms with van der Waals surface area (Å²) in [4.78, 5) is 12.2. The molecule has 1 aromatic carbocycles. The van der Waals surface area contributed by atoms with Crippen molar-refractivity contribution in [1.82, 2.24) is 5.32 Å². The second-order valence-electron chi connectivity index (χ2n) is 6.04. The number of benzene rings is 1. The summed E-state index contributed by atoms with van der Waals surface area (Å²) in [5, 5.41) is 2.87. The molecule has 0 aliphatic carbocycles. The van der Waals surface area contributed by atoms with Gasteiger partial charge < -0.3 is 20.2 Å². The molecule has 1 heterocycles. The zero-order valence-corrected chi connectivity index (χ0v) is 13.9. The Morgan fingerprint density at radius 1 is 1.25 bits per heavy atom. The van der Waals surface area contributed by atoms with Crippen LogP contribution in [0, 0.1) is 11.7 Å². The number of halogens is 1. The molecule has 0 radical (unpaired) electrons. The van der Waals surface area contributed by atoms with Crippen molar-refractivity contribution in [2.24, 2.45) is 11.7 Å². The molecule has 0 saturated carbocycles. The molecule has 0 saturated heterocycles. The number of ether oxygens (including phenoxy) is 1. The predicted octanol–water partition coefficient (Wildman–Crippen LogP) is 3.10. The van der Waals surface area contributed by atoms with Crippen LogP contribution in [0.25, 0.3) is 0 Å². The van der Waals surface area contributed by atoms with E-state index in [1.165, 1.54) is 24.3 Å². The predicted molar refractivity (Wildman–Crippen MR) is 89.2 cm³/mol. The quantitative estimate of drug-likeness (QED) is 0.777. The monoisotopic (exact) mass is 334 g/mol. The van der Waals surface area contributed by atoms with E-state index in [-0.39, 0.29) is 30.1 Å². The fourth-order valence-electron chi connectivity index (χ4n) is 2.30. The number of nitrogens with two attached hydrogens (primary N) is 1. The van der Waals surface area contributed by atoms with Crippen LogP contribution in [-0.2, 0) is 6.61 Å². The number of amides is 1. The molecule has 0 aliphatic rings. The van der Waals surface area contributed by atoms with Crippen molar-refractivity contribution in [1.29, 1.82) is 0 Å². The van der Waals surface area contributed by atoms with Crippen molar-refractivity contribution >= 4 is 5.91 Å². The molecule has 0 fully saturated rings. The van der Waals surface area contributed by atoms with Gasteiger partial charge in [0.25, 0.3) is 5.91 Å². The first-order chi connectivity index (χ1) is 11.5. The molecule has 130 valence electrons. The summed E-state index contributed by atoms with van der Waals surface area (Å²) in [7, 11) is 0. The first-order valence-corrected chi connectivity index (χ1v) is 7.96. The van der Waals surface area contributed by atoms with Crippen molar-refractivity contribution < 1.29 is 18.3 Å². The highest BCUT2D eigenvalue weighted by atomic mass is 19.1. The van der Waals surface area contributed by atoms with Crippen molar-refractivity contribution in [2.45, 2.75) is 32.9 Å². The summed E-state index contributed by atoms with van der Waals surface area (Å²) in [6, 6.07) is 8.89.